The molecule has 11 heteroatoms. The van der Waals surface area contributed by atoms with E-state index in [1.165, 1.54) is 12.1 Å². The van der Waals surface area contributed by atoms with Gasteiger partial charge in [0, 0.05) is 11.4 Å². The quantitative estimate of drug-likeness (QED) is 0.719. The van der Waals surface area contributed by atoms with Gasteiger partial charge in [-0.3, -0.25) is 10.2 Å². The van der Waals surface area contributed by atoms with Crippen molar-refractivity contribution in [1.82, 2.24) is 10.3 Å². The lowest BCUT2D eigenvalue weighted by atomic mass is 10.1. The number of hydrogen-bond acceptors (Lipinski definition) is 5. The lowest BCUT2D eigenvalue weighted by Crippen LogP contribution is -2.42. The van der Waals surface area contributed by atoms with Gasteiger partial charge >= 0.3 is 0 Å². The van der Waals surface area contributed by atoms with Crippen molar-refractivity contribution in [3.8, 4) is 0 Å². The van der Waals surface area contributed by atoms with Crippen LogP contribution >= 0.6 is 23.2 Å². The Labute approximate surface area is 144 Å². The van der Waals surface area contributed by atoms with E-state index in [1.807, 2.05) is 10.3 Å². The summed E-state index contributed by atoms with van der Waals surface area (Å²) < 4.78 is 46.8. The van der Waals surface area contributed by atoms with Crippen molar-refractivity contribution in [2.75, 3.05) is 11.5 Å². The maximum Gasteiger partial charge on any atom is 0.258 e. The van der Waals surface area contributed by atoms with Crippen LogP contribution in [0.15, 0.2) is 23.1 Å². The van der Waals surface area contributed by atoms with Crippen LogP contribution < -0.4 is 10.3 Å². The van der Waals surface area contributed by atoms with Crippen LogP contribution in [-0.2, 0) is 24.7 Å². The molecule has 0 bridgehead atoms. The van der Waals surface area contributed by atoms with Gasteiger partial charge in [0.05, 0.1) is 16.5 Å². The minimum Gasteiger partial charge on any atom is -0.278 e. The van der Waals surface area contributed by atoms with Crippen LogP contribution in [0.25, 0.3) is 0 Å². The van der Waals surface area contributed by atoms with Gasteiger partial charge in [0.1, 0.15) is 4.90 Å². The monoisotopic (exact) mass is 400 g/mol. The molecule has 1 aliphatic heterocycles. The Kier molecular flexibility index (Phi) is 5.57. The van der Waals surface area contributed by atoms with Crippen molar-refractivity contribution < 1.29 is 21.6 Å². The topological polar surface area (TPSA) is 109 Å². The highest BCUT2D eigenvalue weighted by molar-refractivity contribution is 7.91. The number of sulfonamides is 1. The third-order valence-electron chi connectivity index (χ3n) is 3.31. The summed E-state index contributed by atoms with van der Waals surface area (Å²) in [5, 5.41) is 0.135. The number of nitrogens with one attached hydrogen (secondary N) is 2. The summed E-state index contributed by atoms with van der Waals surface area (Å²) in [5.41, 5.74) is 2.05. The summed E-state index contributed by atoms with van der Waals surface area (Å²) in [6, 6.07) is 3.91. The van der Waals surface area contributed by atoms with Crippen LogP contribution in [0.2, 0.25) is 10.0 Å². The minimum absolute atomic E-state index is 0.0435. The average molecular weight is 401 g/mol. The summed E-state index contributed by atoms with van der Waals surface area (Å²) in [7, 11) is -7.17. The molecule has 1 amide bonds. The van der Waals surface area contributed by atoms with Gasteiger partial charge in [-0.15, -0.1) is 4.83 Å². The van der Waals surface area contributed by atoms with E-state index in [0.717, 1.165) is 6.07 Å². The number of hydrazine groups is 1. The Balaban J connectivity index is 1.97. The zero-order valence-electron chi connectivity index (χ0n) is 11.8. The molecule has 1 saturated heterocycles. The fourth-order valence-corrected chi connectivity index (χ4v) is 5.69. The highest BCUT2D eigenvalue weighted by atomic mass is 35.5. The molecule has 1 aliphatic rings. The molecule has 0 saturated carbocycles. The molecule has 7 nitrogen and oxygen atoms in total. The first kappa shape index (κ1) is 18.5. The van der Waals surface area contributed by atoms with Gasteiger partial charge in [0.25, 0.3) is 10.0 Å². The van der Waals surface area contributed by atoms with E-state index < -0.39 is 25.8 Å². The summed E-state index contributed by atoms with van der Waals surface area (Å²) >= 11 is 11.5. The Morgan fingerprint density at radius 3 is 2.61 bits per heavy atom. The highest BCUT2D eigenvalue weighted by Gasteiger charge is 2.29. The van der Waals surface area contributed by atoms with Crippen molar-refractivity contribution >= 4 is 49.0 Å². The number of benzene rings is 1. The third-order valence-corrected chi connectivity index (χ3v) is 7.11. The smallest absolute Gasteiger partial charge is 0.258 e. The molecule has 1 atom stereocenters. The molecule has 0 unspecified atom stereocenters. The molecule has 0 aliphatic carbocycles. The van der Waals surface area contributed by atoms with Crippen LogP contribution in [-0.4, -0.2) is 34.2 Å². The summed E-state index contributed by atoms with van der Waals surface area (Å²) in [5.74, 6) is -0.935. The molecule has 1 aromatic rings. The van der Waals surface area contributed by atoms with Gasteiger partial charge in [0.15, 0.2) is 9.84 Å². The second-order valence-corrected chi connectivity index (χ2v) is 9.92. The first-order valence-corrected chi connectivity index (χ1v) is 10.6. The van der Waals surface area contributed by atoms with Gasteiger partial charge in [-0.25, -0.2) is 16.8 Å². The Hall–Kier alpha value is -0.870. The maximum atomic E-state index is 12.1. The van der Waals surface area contributed by atoms with Gasteiger partial charge in [0.2, 0.25) is 5.91 Å². The molecule has 2 rings (SSSR count). The molecular weight excluding hydrogens is 387 g/mol. The maximum absolute atomic E-state index is 12.1. The number of carbonyl (C=O) groups is 1. The molecule has 128 valence electrons. The standard InChI is InChI=1S/C12H14Cl2N2O5S2/c13-9-1-2-10(14)11(6-9)23(20,21)16-15-12(17)5-8-3-4-22(18,19)7-8/h1-2,6,8,16H,3-5,7H2,(H,15,17)/t8-/m0/s1. The van der Waals surface area contributed by atoms with Gasteiger partial charge in [-0.1, -0.05) is 23.2 Å². The van der Waals surface area contributed by atoms with Crippen LogP contribution in [0.5, 0.6) is 0 Å². The van der Waals surface area contributed by atoms with E-state index in [1.54, 1.807) is 0 Å². The molecule has 1 aromatic carbocycles. The SMILES string of the molecule is O=C(C[C@@H]1CCS(=O)(=O)C1)NNS(=O)(=O)c1cc(Cl)ccc1Cl. The summed E-state index contributed by atoms with van der Waals surface area (Å²) in [6.45, 7) is 0. The van der Waals surface area contributed by atoms with Gasteiger partial charge < -0.3 is 0 Å². The van der Waals surface area contributed by atoms with Crippen molar-refractivity contribution in [1.29, 1.82) is 0 Å². The minimum atomic E-state index is -4.08. The van der Waals surface area contributed by atoms with Crippen LogP contribution in [0.3, 0.4) is 0 Å². The second kappa shape index (κ2) is 6.94. The zero-order chi connectivity index (χ0) is 17.3. The Morgan fingerprint density at radius 1 is 1.30 bits per heavy atom. The number of halogens is 2. The van der Waals surface area contributed by atoms with Crippen molar-refractivity contribution in [3.05, 3.63) is 28.2 Å². The van der Waals surface area contributed by atoms with Crippen LogP contribution in [0.4, 0.5) is 0 Å². The molecular formula is C12H14Cl2N2O5S2. The van der Waals surface area contributed by atoms with E-state index in [4.69, 9.17) is 23.2 Å². The Bertz CT molecular complexity index is 824. The first-order chi connectivity index (χ1) is 10.6. The normalized spacial score (nSPS) is 20.3. The van der Waals surface area contributed by atoms with E-state index >= 15 is 0 Å². The number of sulfone groups is 1. The molecule has 23 heavy (non-hydrogen) atoms. The molecule has 1 fully saturated rings. The van der Waals surface area contributed by atoms with Gasteiger partial charge in [-0.2, -0.15) is 0 Å². The molecule has 1 heterocycles. The molecule has 0 aromatic heterocycles. The molecule has 0 radical (unpaired) electrons. The summed E-state index contributed by atoms with van der Waals surface area (Å²) in [4.78, 5) is 13.4. The zero-order valence-corrected chi connectivity index (χ0v) is 14.9. The van der Waals surface area contributed by atoms with Crippen LogP contribution in [0.1, 0.15) is 12.8 Å². The lowest BCUT2D eigenvalue weighted by Gasteiger charge is -2.11. The Morgan fingerprint density at radius 2 is 2.00 bits per heavy atom. The molecule has 0 spiro atoms. The fraction of sp³-hybridized carbons (Fsp3) is 0.417. The largest absolute Gasteiger partial charge is 0.278 e. The van der Waals surface area contributed by atoms with Crippen molar-refractivity contribution in [2.45, 2.75) is 17.7 Å². The third kappa shape index (κ3) is 5.05. The van der Waals surface area contributed by atoms with Crippen molar-refractivity contribution in [3.63, 3.8) is 0 Å². The first-order valence-electron chi connectivity index (χ1n) is 6.55. The van der Waals surface area contributed by atoms with Crippen LogP contribution in [0, 0.1) is 5.92 Å². The predicted molar refractivity (Wildman–Crippen MR) is 86.3 cm³/mol. The lowest BCUT2D eigenvalue weighted by molar-refractivity contribution is -0.122. The predicted octanol–water partition coefficient (Wildman–Crippen LogP) is 1.13. The highest BCUT2D eigenvalue weighted by Crippen LogP contribution is 2.24. The number of hydrogen-bond donors (Lipinski definition) is 2. The van der Waals surface area contributed by atoms with Crippen molar-refractivity contribution in [2.24, 2.45) is 5.92 Å². The number of carbonyl (C=O) groups excluding carboxylic acids is 1. The molecule has 2 N–H and O–H groups in total. The summed E-state index contributed by atoms with van der Waals surface area (Å²) in [6.07, 6.45) is 0.313. The van der Waals surface area contributed by atoms with E-state index in [9.17, 15) is 21.6 Å². The number of rotatable bonds is 5. The number of amides is 1. The van der Waals surface area contributed by atoms with E-state index in [2.05, 4.69) is 0 Å². The van der Waals surface area contributed by atoms with E-state index in [0.29, 0.717) is 6.42 Å². The van der Waals surface area contributed by atoms with Gasteiger partial charge in [-0.05, 0) is 30.5 Å². The fourth-order valence-electron chi connectivity index (χ4n) is 2.21. The van der Waals surface area contributed by atoms with E-state index in [-0.39, 0.29) is 38.8 Å². The average Bonchev–Trinajstić information content (AvgIpc) is 2.78. The second-order valence-electron chi connectivity index (χ2n) is 5.20.